The van der Waals surface area contributed by atoms with Crippen molar-refractivity contribution in [3.63, 3.8) is 0 Å². The minimum atomic E-state index is 0.210. The molecule has 1 aromatic heterocycles. The molecule has 1 spiro atoms. The number of hydrogen-bond donors (Lipinski definition) is 1. The summed E-state index contributed by atoms with van der Waals surface area (Å²) in [6, 6.07) is 6.19. The summed E-state index contributed by atoms with van der Waals surface area (Å²) in [5.74, 6) is 0. The van der Waals surface area contributed by atoms with Crippen LogP contribution >= 0.6 is 0 Å². The van der Waals surface area contributed by atoms with E-state index in [9.17, 15) is 0 Å². The first-order valence-corrected chi connectivity index (χ1v) is 5.90. The van der Waals surface area contributed by atoms with E-state index in [4.69, 9.17) is 5.73 Å². The molecule has 3 rings (SSSR count). The van der Waals surface area contributed by atoms with Crippen molar-refractivity contribution >= 4 is 0 Å². The summed E-state index contributed by atoms with van der Waals surface area (Å²) >= 11 is 0. The van der Waals surface area contributed by atoms with Gasteiger partial charge in [0.25, 0.3) is 0 Å². The molecule has 0 saturated heterocycles. The summed E-state index contributed by atoms with van der Waals surface area (Å²) in [6.07, 6.45) is 8.69. The monoisotopic (exact) mass is 202 g/mol. The second kappa shape index (κ2) is 3.05. The van der Waals surface area contributed by atoms with Crippen LogP contribution in [-0.2, 0) is 5.41 Å². The van der Waals surface area contributed by atoms with Crippen LogP contribution in [0.25, 0.3) is 0 Å². The molecule has 15 heavy (non-hydrogen) atoms. The Labute approximate surface area is 90.9 Å². The molecule has 1 heterocycles. The minimum Gasteiger partial charge on any atom is -0.330 e. The molecule has 2 aliphatic carbocycles. The van der Waals surface area contributed by atoms with Gasteiger partial charge in [0, 0.05) is 23.9 Å². The van der Waals surface area contributed by atoms with Crippen molar-refractivity contribution in [2.75, 3.05) is 6.54 Å². The van der Waals surface area contributed by atoms with Crippen LogP contribution in [0, 0.1) is 5.41 Å². The molecule has 1 aromatic rings. The number of nitrogens with two attached hydrogens (primary N) is 1. The largest absolute Gasteiger partial charge is 0.330 e. The Morgan fingerprint density at radius 2 is 2.07 bits per heavy atom. The van der Waals surface area contributed by atoms with Gasteiger partial charge < -0.3 is 5.73 Å². The Kier molecular flexibility index (Phi) is 1.90. The molecule has 0 bridgehead atoms. The molecule has 2 aliphatic rings. The molecule has 0 atom stereocenters. The second-order valence-electron chi connectivity index (χ2n) is 5.41. The quantitative estimate of drug-likeness (QED) is 0.798. The van der Waals surface area contributed by atoms with Gasteiger partial charge >= 0.3 is 0 Å². The lowest BCUT2D eigenvalue weighted by molar-refractivity contribution is -0.0465. The Balaban J connectivity index is 1.84. The maximum absolute atomic E-state index is 5.96. The van der Waals surface area contributed by atoms with Gasteiger partial charge in [-0.1, -0.05) is 12.5 Å². The molecule has 2 fully saturated rings. The van der Waals surface area contributed by atoms with Gasteiger partial charge in [-0.2, -0.15) is 0 Å². The highest BCUT2D eigenvalue weighted by atomic mass is 14.8. The molecular weight excluding hydrogens is 184 g/mol. The molecule has 2 N–H and O–H groups in total. The Morgan fingerprint density at radius 1 is 1.27 bits per heavy atom. The highest BCUT2D eigenvalue weighted by Gasteiger charge is 2.57. The van der Waals surface area contributed by atoms with Crippen LogP contribution in [0.5, 0.6) is 0 Å². The van der Waals surface area contributed by atoms with E-state index in [1.54, 1.807) is 0 Å². The van der Waals surface area contributed by atoms with Crippen molar-refractivity contribution in [3.8, 4) is 0 Å². The zero-order valence-corrected chi connectivity index (χ0v) is 9.08. The topological polar surface area (TPSA) is 38.9 Å². The van der Waals surface area contributed by atoms with Crippen molar-refractivity contribution in [2.45, 2.75) is 37.5 Å². The molecule has 80 valence electrons. The van der Waals surface area contributed by atoms with E-state index in [1.807, 2.05) is 12.3 Å². The van der Waals surface area contributed by atoms with E-state index in [1.165, 1.54) is 37.8 Å². The van der Waals surface area contributed by atoms with E-state index in [0.29, 0.717) is 5.41 Å². The first kappa shape index (κ1) is 9.34. The summed E-state index contributed by atoms with van der Waals surface area (Å²) in [5.41, 5.74) is 8.05. The molecule has 0 aliphatic heterocycles. The third kappa shape index (κ3) is 1.24. The molecule has 0 radical (unpaired) electrons. The van der Waals surface area contributed by atoms with Gasteiger partial charge in [-0.15, -0.1) is 0 Å². The third-order valence-corrected chi connectivity index (χ3v) is 4.44. The van der Waals surface area contributed by atoms with E-state index in [2.05, 4.69) is 17.1 Å². The van der Waals surface area contributed by atoms with Gasteiger partial charge in [0.05, 0.1) is 0 Å². The molecule has 2 heteroatoms. The maximum atomic E-state index is 5.96. The first-order chi connectivity index (χ1) is 7.29. The predicted octanol–water partition coefficient (Wildman–Crippen LogP) is 2.24. The molecule has 2 nitrogen and oxygen atoms in total. The fourth-order valence-electron chi connectivity index (χ4n) is 3.52. The lowest BCUT2D eigenvalue weighted by Crippen LogP contribution is -2.56. The van der Waals surface area contributed by atoms with Crippen LogP contribution in [0.15, 0.2) is 24.4 Å². The van der Waals surface area contributed by atoms with E-state index in [0.717, 1.165) is 6.54 Å². The Hall–Kier alpha value is -0.890. The summed E-state index contributed by atoms with van der Waals surface area (Å²) < 4.78 is 0. The van der Waals surface area contributed by atoms with Crippen molar-refractivity contribution in [2.24, 2.45) is 11.1 Å². The fraction of sp³-hybridized carbons (Fsp3) is 0.615. The van der Waals surface area contributed by atoms with Crippen LogP contribution in [-0.4, -0.2) is 11.5 Å². The molecule has 0 unspecified atom stereocenters. The highest BCUT2D eigenvalue weighted by molar-refractivity contribution is 5.26. The van der Waals surface area contributed by atoms with Crippen molar-refractivity contribution in [1.29, 1.82) is 0 Å². The lowest BCUT2D eigenvalue weighted by Gasteiger charge is -2.60. The molecule has 0 aromatic carbocycles. The summed E-state index contributed by atoms with van der Waals surface area (Å²) in [7, 11) is 0. The van der Waals surface area contributed by atoms with E-state index < -0.39 is 0 Å². The number of nitrogens with zero attached hydrogens (tertiary/aromatic N) is 1. The van der Waals surface area contributed by atoms with Crippen LogP contribution in [0.4, 0.5) is 0 Å². The summed E-state index contributed by atoms with van der Waals surface area (Å²) in [5, 5.41) is 0. The molecule has 2 saturated carbocycles. The maximum Gasteiger partial charge on any atom is 0.0478 e. The van der Waals surface area contributed by atoms with Gasteiger partial charge in [0.1, 0.15) is 0 Å². The molecule has 0 amide bonds. The van der Waals surface area contributed by atoms with E-state index in [-0.39, 0.29) is 5.41 Å². The second-order valence-corrected chi connectivity index (χ2v) is 5.41. The zero-order chi connectivity index (χ0) is 10.4. The van der Waals surface area contributed by atoms with Gasteiger partial charge in [-0.3, -0.25) is 4.98 Å². The van der Waals surface area contributed by atoms with Crippen LogP contribution in [0.1, 0.15) is 37.8 Å². The zero-order valence-electron chi connectivity index (χ0n) is 9.08. The number of pyridine rings is 1. The van der Waals surface area contributed by atoms with Gasteiger partial charge in [-0.05, 0) is 43.2 Å². The molecular formula is C13H18N2. The number of hydrogen-bond acceptors (Lipinski definition) is 2. The smallest absolute Gasteiger partial charge is 0.0478 e. The van der Waals surface area contributed by atoms with Gasteiger partial charge in [-0.25, -0.2) is 0 Å². The first-order valence-electron chi connectivity index (χ1n) is 5.90. The fourth-order valence-corrected chi connectivity index (χ4v) is 3.52. The normalized spacial score (nSPS) is 25.7. The van der Waals surface area contributed by atoms with Crippen molar-refractivity contribution in [1.82, 2.24) is 4.98 Å². The standard InChI is InChI=1S/C13H18N2/c14-10-13(11-4-1-2-7-15-11)8-12(9-13)5-3-6-12/h1-2,4,7H,3,5-6,8-10,14H2. The average Bonchev–Trinajstić information content (AvgIpc) is 2.17. The SMILES string of the molecule is NCC1(c2ccccn2)CC2(CCC2)C1. The average molecular weight is 202 g/mol. The van der Waals surface area contributed by atoms with Gasteiger partial charge in [0.15, 0.2) is 0 Å². The van der Waals surface area contributed by atoms with Crippen LogP contribution in [0.3, 0.4) is 0 Å². The number of rotatable bonds is 2. The van der Waals surface area contributed by atoms with E-state index >= 15 is 0 Å². The minimum absolute atomic E-state index is 0.210. The Morgan fingerprint density at radius 3 is 2.53 bits per heavy atom. The third-order valence-electron chi connectivity index (χ3n) is 4.44. The summed E-state index contributed by atoms with van der Waals surface area (Å²) in [4.78, 5) is 4.49. The lowest BCUT2D eigenvalue weighted by atomic mass is 9.44. The van der Waals surface area contributed by atoms with Gasteiger partial charge in [0.2, 0.25) is 0 Å². The highest BCUT2D eigenvalue weighted by Crippen LogP contribution is 2.64. The summed E-state index contributed by atoms with van der Waals surface area (Å²) in [6.45, 7) is 0.756. The van der Waals surface area contributed by atoms with Crippen molar-refractivity contribution in [3.05, 3.63) is 30.1 Å². The Bertz CT molecular complexity index is 346. The number of aromatic nitrogens is 1. The predicted molar refractivity (Wildman–Crippen MR) is 60.5 cm³/mol. The van der Waals surface area contributed by atoms with Crippen LogP contribution in [0.2, 0.25) is 0 Å². The van der Waals surface area contributed by atoms with Crippen molar-refractivity contribution < 1.29 is 0 Å². The van der Waals surface area contributed by atoms with Crippen LogP contribution < -0.4 is 5.73 Å².